The summed E-state index contributed by atoms with van der Waals surface area (Å²) in [5.41, 5.74) is 0. The van der Waals surface area contributed by atoms with E-state index in [0.29, 0.717) is 30.5 Å². The highest BCUT2D eigenvalue weighted by molar-refractivity contribution is 6.30. The largest absolute Gasteiger partial charge is 0.489 e. The SMILES string of the molecule is COCCNCC(O)COc1cncc(Cl)c1. The Balaban J connectivity index is 2.17. The minimum absolute atomic E-state index is 0.196. The molecule has 17 heavy (non-hydrogen) atoms. The minimum atomic E-state index is -0.578. The number of rotatable bonds is 8. The highest BCUT2D eigenvalue weighted by Gasteiger charge is 2.05. The Hall–Kier alpha value is -0.880. The van der Waals surface area contributed by atoms with Crippen LogP contribution in [0.25, 0.3) is 0 Å². The van der Waals surface area contributed by atoms with E-state index in [4.69, 9.17) is 21.1 Å². The summed E-state index contributed by atoms with van der Waals surface area (Å²) in [6.07, 6.45) is 2.50. The Labute approximate surface area is 106 Å². The first kappa shape index (κ1) is 14.2. The summed E-state index contributed by atoms with van der Waals surface area (Å²) in [6.45, 7) is 1.97. The van der Waals surface area contributed by atoms with Gasteiger partial charge < -0.3 is 19.9 Å². The van der Waals surface area contributed by atoms with E-state index < -0.39 is 6.10 Å². The Morgan fingerprint density at radius 3 is 3.06 bits per heavy atom. The number of aliphatic hydroxyl groups is 1. The Kier molecular flexibility index (Phi) is 6.88. The van der Waals surface area contributed by atoms with Gasteiger partial charge in [-0.1, -0.05) is 11.6 Å². The van der Waals surface area contributed by atoms with Crippen LogP contribution in [0, 0.1) is 0 Å². The van der Waals surface area contributed by atoms with Gasteiger partial charge in [0.25, 0.3) is 0 Å². The fourth-order valence-electron chi connectivity index (χ4n) is 1.17. The molecule has 0 radical (unpaired) electrons. The van der Waals surface area contributed by atoms with Crippen LogP contribution in [0.3, 0.4) is 0 Å². The zero-order chi connectivity index (χ0) is 12.5. The first-order chi connectivity index (χ1) is 8.22. The van der Waals surface area contributed by atoms with Gasteiger partial charge in [0.15, 0.2) is 0 Å². The molecule has 1 rings (SSSR count). The monoisotopic (exact) mass is 260 g/mol. The molecule has 0 spiro atoms. The number of aromatic nitrogens is 1. The molecule has 0 fully saturated rings. The van der Waals surface area contributed by atoms with E-state index in [2.05, 4.69) is 10.3 Å². The normalized spacial score (nSPS) is 12.4. The van der Waals surface area contributed by atoms with E-state index in [1.165, 1.54) is 6.20 Å². The molecule has 0 saturated carbocycles. The molecule has 1 heterocycles. The topological polar surface area (TPSA) is 63.6 Å². The number of hydrogen-bond donors (Lipinski definition) is 2. The Morgan fingerprint density at radius 2 is 2.35 bits per heavy atom. The molecule has 0 aliphatic heterocycles. The van der Waals surface area contributed by atoms with E-state index in [9.17, 15) is 5.11 Å². The summed E-state index contributed by atoms with van der Waals surface area (Å²) in [6, 6.07) is 1.65. The maximum Gasteiger partial charge on any atom is 0.139 e. The predicted octanol–water partition coefficient (Wildman–Crippen LogP) is 0.711. The molecule has 0 aromatic carbocycles. The van der Waals surface area contributed by atoms with Gasteiger partial charge >= 0.3 is 0 Å². The number of pyridine rings is 1. The number of nitrogens with one attached hydrogen (secondary N) is 1. The fraction of sp³-hybridized carbons (Fsp3) is 0.545. The molecular formula is C11H17ClN2O3. The van der Waals surface area contributed by atoms with Crippen LogP contribution >= 0.6 is 11.6 Å². The van der Waals surface area contributed by atoms with Crippen LogP contribution in [0.5, 0.6) is 5.75 Å². The van der Waals surface area contributed by atoms with Crippen molar-refractivity contribution in [2.45, 2.75) is 6.10 Å². The van der Waals surface area contributed by atoms with Gasteiger partial charge in [0.2, 0.25) is 0 Å². The number of ether oxygens (including phenoxy) is 2. The van der Waals surface area contributed by atoms with Crippen LogP contribution in [0.15, 0.2) is 18.5 Å². The molecule has 0 saturated heterocycles. The zero-order valence-corrected chi connectivity index (χ0v) is 10.5. The first-order valence-electron chi connectivity index (χ1n) is 5.33. The van der Waals surface area contributed by atoms with Crippen LogP contribution in [-0.2, 0) is 4.74 Å². The van der Waals surface area contributed by atoms with Gasteiger partial charge in [-0.05, 0) is 0 Å². The van der Waals surface area contributed by atoms with Crippen molar-refractivity contribution in [3.05, 3.63) is 23.5 Å². The lowest BCUT2D eigenvalue weighted by atomic mass is 10.3. The molecule has 1 aromatic heterocycles. The second kappa shape index (κ2) is 8.25. The third-order valence-electron chi connectivity index (χ3n) is 1.99. The smallest absolute Gasteiger partial charge is 0.139 e. The van der Waals surface area contributed by atoms with Gasteiger partial charge in [0, 0.05) is 32.5 Å². The van der Waals surface area contributed by atoms with E-state index in [-0.39, 0.29) is 6.61 Å². The maximum atomic E-state index is 9.60. The van der Waals surface area contributed by atoms with Crippen molar-refractivity contribution in [2.75, 3.05) is 33.4 Å². The highest BCUT2D eigenvalue weighted by Crippen LogP contribution is 2.14. The van der Waals surface area contributed by atoms with Gasteiger partial charge in [0.05, 0.1) is 17.8 Å². The van der Waals surface area contributed by atoms with Crippen molar-refractivity contribution >= 4 is 11.6 Å². The summed E-state index contributed by atoms with van der Waals surface area (Å²) >= 11 is 5.75. The lowest BCUT2D eigenvalue weighted by molar-refractivity contribution is 0.103. The van der Waals surface area contributed by atoms with Crippen LogP contribution in [0.4, 0.5) is 0 Å². The second-order valence-corrected chi connectivity index (χ2v) is 3.94. The number of halogens is 1. The molecule has 0 amide bonds. The molecule has 2 N–H and O–H groups in total. The quantitative estimate of drug-likeness (QED) is 0.674. The van der Waals surface area contributed by atoms with Crippen LogP contribution in [0.2, 0.25) is 5.02 Å². The average Bonchev–Trinajstić information content (AvgIpc) is 2.32. The standard InChI is InChI=1S/C11H17ClN2O3/c1-16-3-2-13-6-10(15)8-17-11-4-9(12)5-14-7-11/h4-5,7,10,13,15H,2-3,6,8H2,1H3. The van der Waals surface area contributed by atoms with Gasteiger partial charge in [-0.15, -0.1) is 0 Å². The first-order valence-corrected chi connectivity index (χ1v) is 5.71. The molecule has 1 aromatic rings. The number of nitrogens with zero attached hydrogens (tertiary/aromatic N) is 1. The summed E-state index contributed by atoms with van der Waals surface area (Å²) in [4.78, 5) is 3.88. The highest BCUT2D eigenvalue weighted by atomic mass is 35.5. The minimum Gasteiger partial charge on any atom is -0.489 e. The van der Waals surface area contributed by atoms with E-state index >= 15 is 0 Å². The Bertz CT molecular complexity index is 325. The van der Waals surface area contributed by atoms with Crippen LogP contribution in [0.1, 0.15) is 0 Å². The third-order valence-corrected chi connectivity index (χ3v) is 2.19. The molecule has 5 nitrogen and oxygen atoms in total. The zero-order valence-electron chi connectivity index (χ0n) is 9.73. The van der Waals surface area contributed by atoms with Crippen molar-refractivity contribution in [3.63, 3.8) is 0 Å². The van der Waals surface area contributed by atoms with Crippen molar-refractivity contribution in [1.82, 2.24) is 10.3 Å². The molecule has 0 aliphatic rings. The fourth-order valence-corrected chi connectivity index (χ4v) is 1.33. The van der Waals surface area contributed by atoms with Crippen molar-refractivity contribution in [2.24, 2.45) is 0 Å². The van der Waals surface area contributed by atoms with Crippen molar-refractivity contribution < 1.29 is 14.6 Å². The number of hydrogen-bond acceptors (Lipinski definition) is 5. The number of aliphatic hydroxyl groups excluding tert-OH is 1. The second-order valence-electron chi connectivity index (χ2n) is 3.50. The summed E-state index contributed by atoms with van der Waals surface area (Å²) in [5, 5.41) is 13.1. The lowest BCUT2D eigenvalue weighted by Crippen LogP contribution is -2.33. The van der Waals surface area contributed by atoms with Crippen molar-refractivity contribution in [3.8, 4) is 5.75 Å². The molecule has 1 unspecified atom stereocenters. The summed E-state index contributed by atoms with van der Waals surface area (Å²) in [7, 11) is 1.63. The van der Waals surface area contributed by atoms with Crippen LogP contribution in [-0.4, -0.2) is 49.6 Å². The summed E-state index contributed by atoms with van der Waals surface area (Å²) < 4.78 is 10.2. The van der Waals surface area contributed by atoms with Gasteiger partial charge in [-0.25, -0.2) is 0 Å². The molecule has 0 aliphatic carbocycles. The predicted molar refractivity (Wildman–Crippen MR) is 65.5 cm³/mol. The number of methoxy groups -OCH3 is 1. The molecule has 0 bridgehead atoms. The van der Waals surface area contributed by atoms with Crippen LogP contribution < -0.4 is 10.1 Å². The van der Waals surface area contributed by atoms with Gasteiger partial charge in [-0.2, -0.15) is 0 Å². The third kappa shape index (κ3) is 6.43. The summed E-state index contributed by atoms with van der Waals surface area (Å²) in [5.74, 6) is 0.549. The van der Waals surface area contributed by atoms with E-state index in [0.717, 1.165) is 0 Å². The molecule has 6 heteroatoms. The molecule has 96 valence electrons. The average molecular weight is 261 g/mol. The maximum absolute atomic E-state index is 9.60. The van der Waals surface area contributed by atoms with Crippen molar-refractivity contribution in [1.29, 1.82) is 0 Å². The van der Waals surface area contributed by atoms with E-state index in [1.54, 1.807) is 19.4 Å². The molecule has 1 atom stereocenters. The Morgan fingerprint density at radius 1 is 1.53 bits per heavy atom. The van der Waals surface area contributed by atoms with E-state index in [1.807, 2.05) is 0 Å². The lowest BCUT2D eigenvalue weighted by Gasteiger charge is -2.12. The van der Waals surface area contributed by atoms with Gasteiger partial charge in [-0.3, -0.25) is 4.98 Å². The van der Waals surface area contributed by atoms with Gasteiger partial charge in [0.1, 0.15) is 18.5 Å². The molecular weight excluding hydrogens is 244 g/mol.